The van der Waals surface area contributed by atoms with Gasteiger partial charge >= 0.3 is 12.0 Å². The zero-order valence-electron chi connectivity index (χ0n) is 11.7. The summed E-state index contributed by atoms with van der Waals surface area (Å²) in [4.78, 5) is 19.3. The molecule has 0 fully saturated rings. The van der Waals surface area contributed by atoms with E-state index in [4.69, 9.17) is 18.9 Å². The van der Waals surface area contributed by atoms with Gasteiger partial charge in [0.25, 0.3) is 0 Å². The standard InChI is InChI=1S/C12H18N2O5/c1-12(2,3)19-10(15)7-18-11-13-8(16-4)6-9(14-11)17-5/h6H,7H2,1-5H3. The quantitative estimate of drug-likeness (QED) is 0.744. The number of methoxy groups -OCH3 is 2. The largest absolute Gasteiger partial charge is 0.481 e. The van der Waals surface area contributed by atoms with Crippen LogP contribution in [0.1, 0.15) is 20.8 Å². The highest BCUT2D eigenvalue weighted by atomic mass is 16.6. The van der Waals surface area contributed by atoms with Crippen LogP contribution in [0, 0.1) is 0 Å². The van der Waals surface area contributed by atoms with Crippen LogP contribution in [-0.4, -0.2) is 42.4 Å². The highest BCUT2D eigenvalue weighted by molar-refractivity contribution is 5.71. The molecule has 0 aliphatic rings. The minimum atomic E-state index is -0.562. The number of ether oxygens (including phenoxy) is 4. The van der Waals surface area contributed by atoms with Gasteiger partial charge in [0.15, 0.2) is 6.61 Å². The predicted molar refractivity (Wildman–Crippen MR) is 66.5 cm³/mol. The smallest absolute Gasteiger partial charge is 0.344 e. The Morgan fingerprint density at radius 2 is 1.68 bits per heavy atom. The van der Waals surface area contributed by atoms with Crippen LogP contribution < -0.4 is 14.2 Å². The molecular formula is C12H18N2O5. The van der Waals surface area contributed by atoms with Crippen LogP contribution in [0.15, 0.2) is 6.07 Å². The SMILES string of the molecule is COc1cc(OC)nc(OCC(=O)OC(C)(C)C)n1. The third-order valence-electron chi connectivity index (χ3n) is 1.82. The number of carbonyl (C=O) groups is 1. The maximum Gasteiger partial charge on any atom is 0.344 e. The van der Waals surface area contributed by atoms with Gasteiger partial charge in [-0.1, -0.05) is 0 Å². The summed E-state index contributed by atoms with van der Waals surface area (Å²) in [5, 5.41) is 0. The van der Waals surface area contributed by atoms with Crippen molar-refractivity contribution in [2.45, 2.75) is 26.4 Å². The number of carbonyl (C=O) groups excluding carboxylic acids is 1. The van der Waals surface area contributed by atoms with Crippen LogP contribution in [0.25, 0.3) is 0 Å². The Balaban J connectivity index is 2.64. The van der Waals surface area contributed by atoms with Crippen molar-refractivity contribution in [3.05, 3.63) is 6.07 Å². The molecule has 1 heterocycles. The Morgan fingerprint density at radius 1 is 1.16 bits per heavy atom. The number of esters is 1. The molecular weight excluding hydrogens is 252 g/mol. The van der Waals surface area contributed by atoms with Gasteiger partial charge in [-0.3, -0.25) is 0 Å². The molecule has 0 aliphatic heterocycles. The lowest BCUT2D eigenvalue weighted by molar-refractivity contribution is -0.157. The van der Waals surface area contributed by atoms with Crippen LogP contribution in [0.2, 0.25) is 0 Å². The van der Waals surface area contributed by atoms with Gasteiger partial charge in [-0.15, -0.1) is 0 Å². The summed E-state index contributed by atoms with van der Waals surface area (Å²) in [5.41, 5.74) is -0.562. The van der Waals surface area contributed by atoms with E-state index < -0.39 is 11.6 Å². The third-order valence-corrected chi connectivity index (χ3v) is 1.82. The van der Waals surface area contributed by atoms with Crippen molar-refractivity contribution in [3.8, 4) is 17.8 Å². The molecule has 1 rings (SSSR count). The predicted octanol–water partition coefficient (Wildman–Crippen LogP) is 1.21. The number of nitrogens with zero attached hydrogens (tertiary/aromatic N) is 2. The monoisotopic (exact) mass is 270 g/mol. The van der Waals surface area contributed by atoms with Gasteiger partial charge in [-0.2, -0.15) is 9.97 Å². The average molecular weight is 270 g/mol. The molecule has 0 spiro atoms. The van der Waals surface area contributed by atoms with E-state index in [9.17, 15) is 4.79 Å². The van der Waals surface area contributed by atoms with E-state index in [1.54, 1.807) is 20.8 Å². The first-order valence-electron chi connectivity index (χ1n) is 5.66. The van der Waals surface area contributed by atoms with Crippen LogP contribution in [0.4, 0.5) is 0 Å². The summed E-state index contributed by atoms with van der Waals surface area (Å²) in [5.74, 6) is 0.0648. The molecule has 0 saturated heterocycles. The molecule has 0 aromatic carbocycles. The number of aromatic nitrogens is 2. The molecule has 0 radical (unpaired) electrons. The van der Waals surface area contributed by atoms with E-state index in [0.29, 0.717) is 0 Å². The molecule has 7 nitrogen and oxygen atoms in total. The van der Waals surface area contributed by atoms with E-state index in [-0.39, 0.29) is 24.4 Å². The third kappa shape index (κ3) is 5.41. The van der Waals surface area contributed by atoms with Crippen molar-refractivity contribution in [3.63, 3.8) is 0 Å². The van der Waals surface area contributed by atoms with Crippen LogP contribution in [-0.2, 0) is 9.53 Å². The number of hydrogen-bond donors (Lipinski definition) is 0. The maximum absolute atomic E-state index is 11.5. The maximum atomic E-state index is 11.5. The highest BCUT2D eigenvalue weighted by Gasteiger charge is 2.17. The van der Waals surface area contributed by atoms with Gasteiger partial charge in [0.2, 0.25) is 11.8 Å². The molecule has 0 unspecified atom stereocenters. The van der Waals surface area contributed by atoms with Crippen LogP contribution in [0.5, 0.6) is 17.8 Å². The van der Waals surface area contributed by atoms with Gasteiger partial charge in [-0.05, 0) is 20.8 Å². The molecule has 0 saturated carbocycles. The van der Waals surface area contributed by atoms with Crippen molar-refractivity contribution in [1.29, 1.82) is 0 Å². The van der Waals surface area contributed by atoms with Gasteiger partial charge in [0.1, 0.15) is 5.60 Å². The molecule has 0 aliphatic carbocycles. The molecule has 106 valence electrons. The topological polar surface area (TPSA) is 79.8 Å². The molecule has 0 bridgehead atoms. The van der Waals surface area contributed by atoms with Gasteiger partial charge in [0.05, 0.1) is 20.3 Å². The summed E-state index contributed by atoms with van der Waals surface area (Å²) in [7, 11) is 2.92. The van der Waals surface area contributed by atoms with Crippen molar-refractivity contribution < 1.29 is 23.7 Å². The lowest BCUT2D eigenvalue weighted by Crippen LogP contribution is -2.27. The summed E-state index contributed by atoms with van der Waals surface area (Å²) < 4.78 is 20.1. The van der Waals surface area contributed by atoms with E-state index in [1.165, 1.54) is 20.3 Å². The number of hydrogen-bond acceptors (Lipinski definition) is 7. The average Bonchev–Trinajstić information content (AvgIpc) is 2.33. The Kier molecular flexibility index (Phi) is 4.91. The normalized spacial score (nSPS) is 10.8. The second kappa shape index (κ2) is 6.21. The van der Waals surface area contributed by atoms with Gasteiger partial charge < -0.3 is 18.9 Å². The van der Waals surface area contributed by atoms with E-state index in [2.05, 4.69) is 9.97 Å². The van der Waals surface area contributed by atoms with Crippen LogP contribution >= 0.6 is 0 Å². The fraction of sp³-hybridized carbons (Fsp3) is 0.583. The number of rotatable bonds is 5. The minimum Gasteiger partial charge on any atom is -0.481 e. The van der Waals surface area contributed by atoms with E-state index in [1.807, 2.05) is 0 Å². The van der Waals surface area contributed by atoms with Crippen molar-refractivity contribution in [1.82, 2.24) is 9.97 Å². The molecule has 0 atom stereocenters. The van der Waals surface area contributed by atoms with Crippen molar-refractivity contribution >= 4 is 5.97 Å². The first kappa shape index (κ1) is 15.0. The zero-order chi connectivity index (χ0) is 14.5. The van der Waals surface area contributed by atoms with Gasteiger partial charge in [0, 0.05) is 0 Å². The molecule has 0 amide bonds. The van der Waals surface area contributed by atoms with E-state index >= 15 is 0 Å². The van der Waals surface area contributed by atoms with Gasteiger partial charge in [-0.25, -0.2) is 4.79 Å². The Morgan fingerprint density at radius 3 is 2.11 bits per heavy atom. The Bertz CT molecular complexity index is 420. The summed E-state index contributed by atoms with van der Waals surface area (Å²) in [6.45, 7) is 5.04. The first-order chi connectivity index (χ1) is 8.84. The first-order valence-corrected chi connectivity index (χ1v) is 5.66. The fourth-order valence-corrected chi connectivity index (χ4v) is 1.15. The second-order valence-corrected chi connectivity index (χ2v) is 4.61. The zero-order valence-corrected chi connectivity index (χ0v) is 11.7. The highest BCUT2D eigenvalue weighted by Crippen LogP contribution is 2.18. The lowest BCUT2D eigenvalue weighted by atomic mass is 10.2. The lowest BCUT2D eigenvalue weighted by Gasteiger charge is -2.19. The fourth-order valence-electron chi connectivity index (χ4n) is 1.15. The summed E-state index contributed by atoms with van der Waals surface area (Å²) >= 11 is 0. The van der Waals surface area contributed by atoms with Crippen molar-refractivity contribution in [2.24, 2.45) is 0 Å². The Labute approximate surface area is 111 Å². The summed E-state index contributed by atoms with van der Waals surface area (Å²) in [6.07, 6.45) is 0. The molecule has 0 N–H and O–H groups in total. The van der Waals surface area contributed by atoms with Crippen molar-refractivity contribution in [2.75, 3.05) is 20.8 Å². The molecule has 1 aromatic rings. The summed E-state index contributed by atoms with van der Waals surface area (Å²) in [6, 6.07) is 1.49. The molecule has 1 aromatic heterocycles. The molecule has 19 heavy (non-hydrogen) atoms. The Hall–Kier alpha value is -2.05. The van der Waals surface area contributed by atoms with E-state index in [0.717, 1.165) is 0 Å². The molecule has 7 heteroatoms. The second-order valence-electron chi connectivity index (χ2n) is 4.61. The van der Waals surface area contributed by atoms with Crippen LogP contribution in [0.3, 0.4) is 0 Å². The minimum absolute atomic E-state index is 0.0120.